The van der Waals surface area contributed by atoms with Crippen LogP contribution in [0.15, 0.2) is 36.3 Å². The van der Waals surface area contributed by atoms with Crippen LogP contribution in [0, 0.1) is 29.6 Å². The zero-order chi connectivity index (χ0) is 32.3. The third kappa shape index (κ3) is 6.78. The highest BCUT2D eigenvalue weighted by atomic mass is 16.8. The van der Waals surface area contributed by atoms with Crippen LogP contribution in [-0.2, 0) is 47.5 Å². The third-order valence-corrected chi connectivity index (χ3v) is 8.75. The minimum absolute atomic E-state index is 0.0679. The number of hydrogen-bond acceptors (Lipinski definition) is 15. The zero-order valence-corrected chi connectivity index (χ0v) is 24.6. The molecular weight excluding hydrogens is 588 g/mol. The van der Waals surface area contributed by atoms with Crippen LogP contribution in [0.5, 0.6) is 0 Å². The lowest BCUT2D eigenvalue weighted by atomic mass is 9.81. The average Bonchev–Trinajstić information content (AvgIpc) is 3.32. The molecule has 0 amide bonds. The number of esters is 3. The van der Waals surface area contributed by atoms with Crippen molar-refractivity contribution in [2.45, 2.75) is 76.1 Å². The quantitative estimate of drug-likeness (QED) is 0.111. The summed E-state index contributed by atoms with van der Waals surface area (Å²) in [5, 5.41) is 50.7. The molecule has 44 heavy (non-hydrogen) atoms. The number of hydrogen-bond donors (Lipinski definition) is 5. The Hall–Kier alpha value is -3.05. The number of rotatable bonds is 10. The Morgan fingerprint density at radius 3 is 2.36 bits per heavy atom. The first-order valence-electron chi connectivity index (χ1n) is 14.3. The van der Waals surface area contributed by atoms with Crippen molar-refractivity contribution >= 4 is 17.9 Å². The van der Waals surface area contributed by atoms with Crippen LogP contribution in [0.4, 0.5) is 0 Å². The fraction of sp³-hybridized carbons (Fsp3) is 0.690. The monoisotopic (exact) mass is 628 g/mol. The van der Waals surface area contributed by atoms with E-state index in [2.05, 4.69) is 6.58 Å². The molecule has 15 heteroatoms. The summed E-state index contributed by atoms with van der Waals surface area (Å²) in [6.07, 6.45) is -6.81. The van der Waals surface area contributed by atoms with Crippen molar-refractivity contribution in [1.29, 1.82) is 0 Å². The summed E-state index contributed by atoms with van der Waals surface area (Å²) in [6, 6.07) is 0. The largest absolute Gasteiger partial charge is 0.472 e. The van der Waals surface area contributed by atoms with Gasteiger partial charge in [-0.15, -0.1) is 6.58 Å². The molecule has 1 aliphatic carbocycles. The maximum absolute atomic E-state index is 13.6. The fourth-order valence-electron chi connectivity index (χ4n) is 6.33. The van der Waals surface area contributed by atoms with Gasteiger partial charge in [-0.1, -0.05) is 13.0 Å². The van der Waals surface area contributed by atoms with Gasteiger partial charge in [-0.25, -0.2) is 9.59 Å². The van der Waals surface area contributed by atoms with Gasteiger partial charge in [0.2, 0.25) is 6.29 Å². The van der Waals surface area contributed by atoms with Gasteiger partial charge < -0.3 is 58.7 Å². The van der Waals surface area contributed by atoms with E-state index >= 15 is 0 Å². The Morgan fingerprint density at radius 2 is 1.73 bits per heavy atom. The van der Waals surface area contributed by atoms with Crippen molar-refractivity contribution < 1.29 is 73.1 Å². The maximum atomic E-state index is 13.6. The molecular formula is C29H40O15. The van der Waals surface area contributed by atoms with Gasteiger partial charge in [0, 0.05) is 36.5 Å². The fourth-order valence-corrected chi connectivity index (χ4v) is 6.33. The smallest absolute Gasteiger partial charge is 0.337 e. The number of aliphatic hydroxyl groups excluding tert-OH is 5. The predicted octanol–water partition coefficient (Wildman–Crippen LogP) is -0.996. The molecule has 3 aliphatic heterocycles. The van der Waals surface area contributed by atoms with Crippen molar-refractivity contribution in [2.24, 2.45) is 29.6 Å². The van der Waals surface area contributed by atoms with Crippen LogP contribution in [0.2, 0.25) is 0 Å². The molecule has 0 bridgehead atoms. The van der Waals surface area contributed by atoms with Gasteiger partial charge in [-0.2, -0.15) is 0 Å². The predicted molar refractivity (Wildman–Crippen MR) is 144 cm³/mol. The van der Waals surface area contributed by atoms with E-state index in [-0.39, 0.29) is 30.6 Å². The molecule has 0 aromatic rings. The van der Waals surface area contributed by atoms with E-state index in [1.807, 2.05) is 0 Å². The number of fused-ring (bicyclic) bond motifs is 1. The van der Waals surface area contributed by atoms with E-state index < -0.39 is 103 Å². The highest BCUT2D eigenvalue weighted by Crippen LogP contribution is 2.48. The van der Waals surface area contributed by atoms with Crippen molar-refractivity contribution in [3.63, 3.8) is 0 Å². The SMILES string of the molecule is C=CC1[C@H](O[C@@H]2O[C@H](CO)[C@@H](O)[C@H](O)[C@H]2O)OC=C(C(=O)O[C@H]2CC3C(C(=O)OC)=CO[C@@H](O)C3C2C)[C@H]1CCOC(C)=O. The lowest BCUT2D eigenvalue weighted by Crippen LogP contribution is -2.60. The maximum Gasteiger partial charge on any atom is 0.337 e. The number of aliphatic hydroxyl groups is 5. The summed E-state index contributed by atoms with van der Waals surface area (Å²) in [5.41, 5.74) is 0.297. The summed E-state index contributed by atoms with van der Waals surface area (Å²) >= 11 is 0. The molecule has 2 fully saturated rings. The molecule has 0 aromatic heterocycles. The van der Waals surface area contributed by atoms with Crippen LogP contribution in [0.25, 0.3) is 0 Å². The van der Waals surface area contributed by atoms with Crippen LogP contribution in [0.1, 0.15) is 26.7 Å². The molecule has 15 nitrogen and oxygen atoms in total. The second-order valence-electron chi connectivity index (χ2n) is 11.3. The topological polar surface area (TPSA) is 217 Å². The number of ether oxygens (including phenoxy) is 7. The van der Waals surface area contributed by atoms with Crippen LogP contribution in [-0.4, -0.2) is 113 Å². The van der Waals surface area contributed by atoms with Gasteiger partial charge in [-0.05, 0) is 12.8 Å². The van der Waals surface area contributed by atoms with Crippen LogP contribution >= 0.6 is 0 Å². The van der Waals surface area contributed by atoms with E-state index in [1.54, 1.807) is 6.92 Å². The van der Waals surface area contributed by atoms with Gasteiger partial charge >= 0.3 is 17.9 Å². The molecule has 4 unspecified atom stereocenters. The van der Waals surface area contributed by atoms with E-state index in [9.17, 15) is 39.9 Å². The number of carbonyl (C=O) groups excluding carboxylic acids is 3. The van der Waals surface area contributed by atoms with Crippen molar-refractivity contribution in [3.8, 4) is 0 Å². The van der Waals surface area contributed by atoms with Gasteiger partial charge in [-0.3, -0.25) is 4.79 Å². The molecule has 4 rings (SSSR count). The third-order valence-electron chi connectivity index (χ3n) is 8.75. The molecule has 1 saturated carbocycles. The summed E-state index contributed by atoms with van der Waals surface area (Å²) in [5.74, 6) is -4.86. The summed E-state index contributed by atoms with van der Waals surface area (Å²) in [6.45, 7) is 6.09. The lowest BCUT2D eigenvalue weighted by molar-refractivity contribution is -0.339. The summed E-state index contributed by atoms with van der Waals surface area (Å²) in [4.78, 5) is 37.4. The normalized spacial score (nSPS) is 39.9. The van der Waals surface area contributed by atoms with Gasteiger partial charge in [0.15, 0.2) is 12.6 Å². The van der Waals surface area contributed by atoms with E-state index in [4.69, 9.17) is 33.2 Å². The Kier molecular flexibility index (Phi) is 11.0. The van der Waals surface area contributed by atoms with E-state index in [0.717, 1.165) is 6.26 Å². The first kappa shape index (κ1) is 33.8. The van der Waals surface area contributed by atoms with Crippen molar-refractivity contribution in [1.82, 2.24) is 0 Å². The molecule has 4 aliphatic rings. The average molecular weight is 629 g/mol. The van der Waals surface area contributed by atoms with Crippen molar-refractivity contribution in [3.05, 3.63) is 36.3 Å². The number of methoxy groups -OCH3 is 1. The second-order valence-corrected chi connectivity index (χ2v) is 11.3. The van der Waals surface area contributed by atoms with Crippen LogP contribution in [0.3, 0.4) is 0 Å². The molecule has 0 aromatic carbocycles. The molecule has 3 heterocycles. The first-order valence-corrected chi connectivity index (χ1v) is 14.3. The standard InChI is InChI=1S/C29H40O15/c1-5-14-15(6-7-39-13(3)31)17(11-41-28(14)44-29-24(34)23(33)22(32)20(9-30)43-29)26(36)42-19-8-16-18(25(35)38-4)10-40-27(37)21(16)12(19)2/h5,10-12,14-16,19-24,27-30,32-34,37H,1,6-9H2,2-4H3/t12?,14?,15-,16?,19-,20+,21?,22+,23-,24+,27+,28-,29-/m0/s1. The molecule has 5 N–H and O–H groups in total. The van der Waals surface area contributed by atoms with Gasteiger partial charge in [0.25, 0.3) is 0 Å². The number of carbonyl (C=O) groups is 3. The minimum Gasteiger partial charge on any atom is -0.472 e. The zero-order valence-electron chi connectivity index (χ0n) is 24.6. The highest BCUT2D eigenvalue weighted by Gasteiger charge is 2.53. The van der Waals surface area contributed by atoms with E-state index in [1.165, 1.54) is 26.4 Å². The van der Waals surface area contributed by atoms with Gasteiger partial charge in [0.1, 0.15) is 30.5 Å². The molecule has 246 valence electrons. The Bertz CT molecular complexity index is 1130. The molecule has 13 atom stereocenters. The Balaban J connectivity index is 1.54. The molecule has 1 saturated heterocycles. The summed E-state index contributed by atoms with van der Waals surface area (Å²) in [7, 11) is 1.23. The minimum atomic E-state index is -1.70. The second kappa shape index (κ2) is 14.4. The first-order chi connectivity index (χ1) is 20.9. The molecule has 0 spiro atoms. The summed E-state index contributed by atoms with van der Waals surface area (Å²) < 4.78 is 38.1. The van der Waals surface area contributed by atoms with Crippen molar-refractivity contribution in [2.75, 3.05) is 20.3 Å². The lowest BCUT2D eigenvalue weighted by Gasteiger charge is -2.43. The van der Waals surface area contributed by atoms with Gasteiger partial charge in [0.05, 0.1) is 44.0 Å². The van der Waals surface area contributed by atoms with Crippen LogP contribution < -0.4 is 0 Å². The Morgan fingerprint density at radius 1 is 1.02 bits per heavy atom. The Labute approximate surface area is 253 Å². The highest BCUT2D eigenvalue weighted by molar-refractivity contribution is 5.90. The van der Waals surface area contributed by atoms with E-state index in [0.29, 0.717) is 0 Å². The molecule has 0 radical (unpaired) electrons.